The van der Waals surface area contributed by atoms with Crippen LogP contribution >= 0.6 is 0 Å². The van der Waals surface area contributed by atoms with Gasteiger partial charge in [-0.15, -0.1) is 0 Å². The number of aromatic nitrogens is 2. The summed E-state index contributed by atoms with van der Waals surface area (Å²) in [7, 11) is 0. The number of likely N-dealkylation sites (tertiary alicyclic amines) is 1. The van der Waals surface area contributed by atoms with Gasteiger partial charge in [0, 0.05) is 36.5 Å². The molecule has 0 radical (unpaired) electrons. The Morgan fingerprint density at radius 2 is 1.17 bits per heavy atom. The summed E-state index contributed by atoms with van der Waals surface area (Å²) in [5, 5.41) is 7.07. The van der Waals surface area contributed by atoms with Crippen molar-refractivity contribution in [1.29, 1.82) is 0 Å². The molecule has 2 unspecified atom stereocenters. The number of ether oxygens (including phenoxy) is 3. The Kier molecular flexibility index (Phi) is 10.9. The maximum atomic E-state index is 15.5. The predicted molar refractivity (Wildman–Crippen MR) is 179 cm³/mol. The monoisotopic (exact) mass is 637 g/mol. The summed E-state index contributed by atoms with van der Waals surface area (Å²) >= 11 is 0. The summed E-state index contributed by atoms with van der Waals surface area (Å²) in [6, 6.07) is 32.9. The van der Waals surface area contributed by atoms with Crippen molar-refractivity contribution in [2.24, 2.45) is 0 Å². The summed E-state index contributed by atoms with van der Waals surface area (Å²) in [6.45, 7) is 6.40. The van der Waals surface area contributed by atoms with E-state index in [9.17, 15) is 0 Å². The lowest BCUT2D eigenvalue weighted by molar-refractivity contribution is -0.184. The topological polar surface area (TPSA) is 59.6 Å². The third-order valence-corrected chi connectivity index (χ3v) is 8.74. The molecule has 5 aromatic rings. The van der Waals surface area contributed by atoms with Crippen molar-refractivity contribution < 1.29 is 23.0 Å². The van der Waals surface area contributed by atoms with E-state index in [1.807, 2.05) is 105 Å². The average Bonchev–Trinajstić information content (AvgIpc) is 3.43. The van der Waals surface area contributed by atoms with Crippen molar-refractivity contribution in [2.45, 2.75) is 58.4 Å². The van der Waals surface area contributed by atoms with E-state index in [0.29, 0.717) is 50.7 Å². The highest BCUT2D eigenvalue weighted by atomic mass is 19.1. The summed E-state index contributed by atoms with van der Waals surface area (Å²) in [5.74, 6) is -1.12. The molecule has 47 heavy (non-hydrogen) atoms. The molecule has 2 atom stereocenters. The first-order valence-corrected chi connectivity index (χ1v) is 16.1. The average molecular weight is 638 g/mol. The molecule has 0 spiro atoms. The number of hydrogen-bond donors (Lipinski definition) is 1. The second kappa shape index (κ2) is 15.6. The number of aromatic amines is 1. The van der Waals surface area contributed by atoms with Gasteiger partial charge < -0.3 is 14.2 Å². The van der Waals surface area contributed by atoms with Gasteiger partial charge in [0.1, 0.15) is 17.7 Å². The second-order valence-electron chi connectivity index (χ2n) is 12.2. The van der Waals surface area contributed by atoms with Gasteiger partial charge in [-0.1, -0.05) is 91.0 Å². The molecule has 2 heterocycles. The number of nitrogens with zero attached hydrogens (tertiary/aromatic N) is 2. The lowest BCUT2D eigenvalue weighted by Crippen LogP contribution is -2.58. The zero-order chi connectivity index (χ0) is 32.6. The van der Waals surface area contributed by atoms with Gasteiger partial charge in [0.25, 0.3) is 0 Å². The Morgan fingerprint density at radius 3 is 1.62 bits per heavy atom. The summed E-state index contributed by atoms with van der Waals surface area (Å²) in [5.41, 5.74) is 5.92. The number of hydrogen-bond acceptors (Lipinski definition) is 5. The fourth-order valence-electron chi connectivity index (χ4n) is 6.28. The van der Waals surface area contributed by atoms with Crippen molar-refractivity contribution in [1.82, 2.24) is 15.1 Å². The summed E-state index contributed by atoms with van der Waals surface area (Å²) in [4.78, 5) is 2.17. The van der Waals surface area contributed by atoms with Gasteiger partial charge in [-0.3, -0.25) is 10.00 Å². The Labute approximate surface area is 275 Å². The van der Waals surface area contributed by atoms with E-state index in [0.717, 1.165) is 27.9 Å². The first-order chi connectivity index (χ1) is 22.9. The number of halogens is 2. The fourth-order valence-corrected chi connectivity index (χ4v) is 6.28. The van der Waals surface area contributed by atoms with E-state index < -0.39 is 11.6 Å². The van der Waals surface area contributed by atoms with Crippen LogP contribution in [0.5, 0.6) is 0 Å². The van der Waals surface area contributed by atoms with Crippen LogP contribution in [-0.4, -0.2) is 53.0 Å². The number of piperidine rings is 1. The normalized spacial score (nSPS) is 18.4. The highest BCUT2D eigenvalue weighted by molar-refractivity contribution is 5.68. The van der Waals surface area contributed by atoms with Crippen molar-refractivity contribution >= 4 is 0 Å². The van der Waals surface area contributed by atoms with Crippen molar-refractivity contribution in [3.63, 3.8) is 0 Å². The van der Waals surface area contributed by atoms with E-state index >= 15 is 8.78 Å². The van der Waals surface area contributed by atoms with E-state index in [-0.39, 0.29) is 30.3 Å². The zero-order valence-corrected chi connectivity index (χ0v) is 26.9. The molecular weight excluding hydrogens is 596 g/mol. The third kappa shape index (κ3) is 8.39. The highest BCUT2D eigenvalue weighted by Crippen LogP contribution is 2.30. The molecule has 0 saturated carbocycles. The Morgan fingerprint density at radius 1 is 0.702 bits per heavy atom. The van der Waals surface area contributed by atoms with Crippen LogP contribution in [0.25, 0.3) is 11.1 Å². The van der Waals surface area contributed by atoms with Crippen LogP contribution in [0.4, 0.5) is 8.78 Å². The maximum absolute atomic E-state index is 15.5. The molecule has 6 rings (SSSR count). The zero-order valence-electron chi connectivity index (χ0n) is 26.9. The fraction of sp³-hybridized carbons (Fsp3) is 0.308. The molecule has 0 aliphatic carbocycles. The minimum Gasteiger partial charge on any atom is -0.369 e. The maximum Gasteiger partial charge on any atom is 0.129 e. The van der Waals surface area contributed by atoms with Crippen LogP contribution in [0.3, 0.4) is 0 Å². The Bertz CT molecular complexity index is 1620. The molecule has 1 N–H and O–H groups in total. The van der Waals surface area contributed by atoms with Crippen LogP contribution in [0.15, 0.2) is 103 Å². The molecule has 0 amide bonds. The highest BCUT2D eigenvalue weighted by Gasteiger charge is 2.39. The quantitative estimate of drug-likeness (QED) is 0.144. The third-order valence-electron chi connectivity index (χ3n) is 8.74. The van der Waals surface area contributed by atoms with Crippen LogP contribution in [-0.2, 0) is 40.5 Å². The number of H-pyrrole nitrogens is 1. The predicted octanol–water partition coefficient (Wildman–Crippen LogP) is 7.59. The van der Waals surface area contributed by atoms with Gasteiger partial charge in [-0.25, -0.2) is 8.78 Å². The van der Waals surface area contributed by atoms with Gasteiger partial charge >= 0.3 is 0 Å². The van der Waals surface area contributed by atoms with Gasteiger partial charge in [0.15, 0.2) is 0 Å². The van der Waals surface area contributed by atoms with Gasteiger partial charge in [0.05, 0.1) is 37.7 Å². The van der Waals surface area contributed by atoms with Crippen molar-refractivity contribution in [2.75, 3.05) is 19.6 Å². The first-order valence-electron chi connectivity index (χ1n) is 16.1. The van der Waals surface area contributed by atoms with Crippen LogP contribution in [0.2, 0.25) is 0 Å². The minimum absolute atomic E-state index is 0.0681. The second-order valence-corrected chi connectivity index (χ2v) is 12.2. The molecule has 0 bridgehead atoms. The van der Waals surface area contributed by atoms with Crippen molar-refractivity contribution in [3.8, 4) is 11.1 Å². The number of rotatable bonds is 13. The summed E-state index contributed by atoms with van der Waals surface area (Å²) in [6.07, 6.45) is -0.823. The number of nitrogens with one attached hydrogen (secondary N) is 1. The molecule has 8 heteroatoms. The first kappa shape index (κ1) is 32.7. The lowest BCUT2D eigenvalue weighted by Gasteiger charge is -2.43. The minimum atomic E-state index is -0.560. The molecule has 1 fully saturated rings. The lowest BCUT2D eigenvalue weighted by atomic mass is 9.98. The molecular formula is C39H41F2N3O3. The molecule has 244 valence electrons. The van der Waals surface area contributed by atoms with Crippen LogP contribution in [0.1, 0.15) is 33.6 Å². The van der Waals surface area contributed by atoms with Gasteiger partial charge in [-0.05, 0) is 54.7 Å². The van der Waals surface area contributed by atoms with E-state index in [1.54, 1.807) is 0 Å². The standard InChI is InChI=1S/C39H41F2N3O3/c1-27-38(28(2)43-42-27)32-20-34(40)33(35(41)21-32)18-19-44-22-36(45-24-29-12-6-3-7-13-29)39(47-26-31-16-10-5-11-17-31)37(23-44)46-25-30-14-8-4-9-15-30/h3-17,20-21,36-37,39H,18-19,22-26H2,1-2H3,(H,42,43). The van der Waals surface area contributed by atoms with Crippen LogP contribution < -0.4 is 0 Å². The van der Waals surface area contributed by atoms with Crippen LogP contribution in [0, 0.1) is 25.5 Å². The Balaban J connectivity index is 1.22. The molecule has 1 saturated heterocycles. The number of benzene rings is 4. The smallest absolute Gasteiger partial charge is 0.129 e. The molecule has 1 aliphatic heterocycles. The molecule has 1 aliphatic rings. The summed E-state index contributed by atoms with van der Waals surface area (Å²) < 4.78 is 50.6. The van der Waals surface area contributed by atoms with Crippen molar-refractivity contribution in [3.05, 3.63) is 148 Å². The van der Waals surface area contributed by atoms with Gasteiger partial charge in [-0.2, -0.15) is 5.10 Å². The number of aryl methyl sites for hydroxylation is 2. The van der Waals surface area contributed by atoms with E-state index in [1.165, 1.54) is 12.1 Å². The molecule has 4 aromatic carbocycles. The largest absolute Gasteiger partial charge is 0.369 e. The molecule has 6 nitrogen and oxygen atoms in total. The van der Waals surface area contributed by atoms with E-state index in [4.69, 9.17) is 14.2 Å². The Hall–Kier alpha value is -4.21. The van der Waals surface area contributed by atoms with E-state index in [2.05, 4.69) is 15.1 Å². The molecule has 1 aromatic heterocycles. The van der Waals surface area contributed by atoms with Gasteiger partial charge in [0.2, 0.25) is 0 Å². The SMILES string of the molecule is Cc1n[nH]c(C)c1-c1cc(F)c(CCN2CC(OCc3ccccc3)C(OCc3ccccc3)C(OCc3ccccc3)C2)c(F)c1.